The van der Waals surface area contributed by atoms with Gasteiger partial charge in [0.05, 0.1) is 18.5 Å². The highest BCUT2D eigenvalue weighted by Crippen LogP contribution is 2.22. The zero-order chi connectivity index (χ0) is 20.2. The summed E-state index contributed by atoms with van der Waals surface area (Å²) in [4.78, 5) is 23.3. The summed E-state index contributed by atoms with van der Waals surface area (Å²) in [5, 5.41) is 7.56. The molecule has 0 saturated carbocycles. The van der Waals surface area contributed by atoms with E-state index >= 15 is 0 Å². The molecule has 1 saturated heterocycles. The van der Waals surface area contributed by atoms with Crippen LogP contribution in [0.1, 0.15) is 42.0 Å². The first-order valence-electron chi connectivity index (χ1n) is 10.0. The molecule has 1 N–H and O–H groups in total. The number of hydrogen-bond acceptors (Lipinski definition) is 6. The Labute approximate surface area is 170 Å². The average Bonchev–Trinajstić information content (AvgIpc) is 3.48. The van der Waals surface area contributed by atoms with E-state index < -0.39 is 0 Å². The Balaban J connectivity index is 1.44. The van der Waals surface area contributed by atoms with Crippen LogP contribution in [0.15, 0.2) is 35.2 Å². The molecule has 0 spiro atoms. The van der Waals surface area contributed by atoms with Crippen molar-refractivity contribution < 1.29 is 9.21 Å². The molecule has 1 fully saturated rings. The van der Waals surface area contributed by atoms with E-state index in [-0.39, 0.29) is 5.91 Å². The van der Waals surface area contributed by atoms with Crippen molar-refractivity contribution in [3.8, 4) is 5.82 Å². The van der Waals surface area contributed by atoms with Crippen molar-refractivity contribution in [2.75, 3.05) is 18.0 Å². The average molecular weight is 394 g/mol. The monoisotopic (exact) mass is 394 g/mol. The maximum absolute atomic E-state index is 12.2. The van der Waals surface area contributed by atoms with Gasteiger partial charge in [-0.2, -0.15) is 5.10 Å². The highest BCUT2D eigenvalue weighted by molar-refractivity contribution is 5.76. The van der Waals surface area contributed by atoms with Crippen molar-refractivity contribution in [2.45, 2.75) is 46.1 Å². The van der Waals surface area contributed by atoms with E-state index in [1.807, 2.05) is 36.7 Å². The first-order valence-corrected chi connectivity index (χ1v) is 10.0. The molecule has 8 heteroatoms. The van der Waals surface area contributed by atoms with Crippen LogP contribution in [0.4, 0.5) is 5.82 Å². The third-order valence-electron chi connectivity index (χ3n) is 5.37. The van der Waals surface area contributed by atoms with E-state index in [0.29, 0.717) is 19.4 Å². The Morgan fingerprint density at radius 3 is 2.76 bits per heavy atom. The summed E-state index contributed by atoms with van der Waals surface area (Å²) in [6.45, 7) is 6.47. The van der Waals surface area contributed by atoms with Gasteiger partial charge >= 0.3 is 0 Å². The number of carbonyl (C=O) groups excluding carboxylic acids is 1. The summed E-state index contributed by atoms with van der Waals surface area (Å²) in [5.74, 6) is 2.44. The molecule has 3 aromatic heterocycles. The molecule has 1 aliphatic rings. The van der Waals surface area contributed by atoms with E-state index in [1.54, 1.807) is 12.6 Å². The number of amides is 1. The molecule has 1 aliphatic heterocycles. The Kier molecular flexibility index (Phi) is 5.59. The molecule has 0 radical (unpaired) electrons. The van der Waals surface area contributed by atoms with E-state index in [0.717, 1.165) is 47.4 Å². The number of hydrogen-bond donors (Lipinski definition) is 1. The molecule has 3 aromatic rings. The van der Waals surface area contributed by atoms with Crippen molar-refractivity contribution in [3.05, 3.63) is 53.5 Å². The van der Waals surface area contributed by atoms with Crippen LogP contribution in [-0.4, -0.2) is 38.7 Å². The number of nitrogens with zero attached hydrogens (tertiary/aromatic N) is 5. The lowest BCUT2D eigenvalue weighted by Crippen LogP contribution is -2.22. The Morgan fingerprint density at radius 1 is 1.21 bits per heavy atom. The molecule has 0 atom stereocenters. The topological polar surface area (TPSA) is 89.1 Å². The summed E-state index contributed by atoms with van der Waals surface area (Å²) < 4.78 is 7.09. The predicted octanol–water partition coefficient (Wildman–Crippen LogP) is 2.72. The second kappa shape index (κ2) is 8.46. The van der Waals surface area contributed by atoms with Gasteiger partial charge in [0.1, 0.15) is 17.9 Å². The Hall–Kier alpha value is -3.16. The second-order valence-electron chi connectivity index (χ2n) is 7.35. The molecular weight excluding hydrogens is 368 g/mol. The van der Waals surface area contributed by atoms with Crippen LogP contribution in [0.25, 0.3) is 5.82 Å². The van der Waals surface area contributed by atoms with Crippen molar-refractivity contribution in [2.24, 2.45) is 0 Å². The normalized spacial score (nSPS) is 13.8. The van der Waals surface area contributed by atoms with Gasteiger partial charge < -0.3 is 14.6 Å². The van der Waals surface area contributed by atoms with E-state index in [4.69, 9.17) is 4.42 Å². The number of rotatable bonds is 7. The third kappa shape index (κ3) is 4.31. The van der Waals surface area contributed by atoms with E-state index in [9.17, 15) is 4.79 Å². The van der Waals surface area contributed by atoms with Gasteiger partial charge in [0.2, 0.25) is 5.91 Å². The van der Waals surface area contributed by atoms with Gasteiger partial charge in [0.25, 0.3) is 0 Å². The maximum atomic E-state index is 12.2. The lowest BCUT2D eigenvalue weighted by molar-refractivity contribution is -0.121. The van der Waals surface area contributed by atoms with E-state index in [2.05, 4.69) is 25.3 Å². The molecular formula is C21H26N6O2. The Morgan fingerprint density at radius 2 is 2.00 bits per heavy atom. The number of anilines is 1. The van der Waals surface area contributed by atoms with Crippen molar-refractivity contribution in [1.29, 1.82) is 0 Å². The summed E-state index contributed by atoms with van der Waals surface area (Å²) in [6.07, 6.45) is 6.63. The van der Waals surface area contributed by atoms with Gasteiger partial charge in [-0.25, -0.2) is 14.6 Å². The van der Waals surface area contributed by atoms with Crippen LogP contribution in [-0.2, 0) is 17.8 Å². The molecule has 4 heterocycles. The highest BCUT2D eigenvalue weighted by Gasteiger charge is 2.18. The minimum absolute atomic E-state index is 0.00805. The fourth-order valence-electron chi connectivity index (χ4n) is 3.76. The lowest BCUT2D eigenvalue weighted by atomic mass is 10.1. The van der Waals surface area contributed by atoms with Gasteiger partial charge in [-0.15, -0.1) is 0 Å². The lowest BCUT2D eigenvalue weighted by Gasteiger charge is -2.16. The number of aryl methyl sites for hydroxylation is 1. The first-order chi connectivity index (χ1) is 14.1. The van der Waals surface area contributed by atoms with Gasteiger partial charge in [0, 0.05) is 31.3 Å². The first kappa shape index (κ1) is 19.2. The molecule has 0 aromatic carbocycles. The van der Waals surface area contributed by atoms with Gasteiger partial charge in [-0.3, -0.25) is 4.79 Å². The fourth-order valence-corrected chi connectivity index (χ4v) is 3.76. The van der Waals surface area contributed by atoms with Crippen molar-refractivity contribution in [1.82, 2.24) is 25.1 Å². The Bertz CT molecular complexity index is 973. The maximum Gasteiger partial charge on any atom is 0.220 e. The zero-order valence-electron chi connectivity index (χ0n) is 16.9. The van der Waals surface area contributed by atoms with Crippen LogP contribution >= 0.6 is 0 Å². The fraction of sp³-hybridized carbons (Fsp3) is 0.429. The molecule has 4 rings (SSSR count). The quantitative estimate of drug-likeness (QED) is 0.663. The molecule has 8 nitrogen and oxygen atoms in total. The van der Waals surface area contributed by atoms with E-state index in [1.165, 1.54) is 12.8 Å². The number of nitrogens with one attached hydrogen (secondary N) is 1. The highest BCUT2D eigenvalue weighted by atomic mass is 16.3. The second-order valence-corrected chi connectivity index (χ2v) is 7.35. The molecule has 0 unspecified atom stereocenters. The van der Waals surface area contributed by atoms with Crippen LogP contribution < -0.4 is 10.2 Å². The largest absolute Gasteiger partial charge is 0.467 e. The summed E-state index contributed by atoms with van der Waals surface area (Å²) in [5.41, 5.74) is 3.01. The van der Waals surface area contributed by atoms with Gasteiger partial charge in [-0.1, -0.05) is 0 Å². The molecule has 0 bridgehead atoms. The predicted molar refractivity (Wildman–Crippen MR) is 109 cm³/mol. The molecule has 152 valence electrons. The zero-order valence-corrected chi connectivity index (χ0v) is 16.9. The molecule has 29 heavy (non-hydrogen) atoms. The smallest absolute Gasteiger partial charge is 0.220 e. The summed E-state index contributed by atoms with van der Waals surface area (Å²) in [6, 6.07) is 5.65. The van der Waals surface area contributed by atoms with Gasteiger partial charge in [0.15, 0.2) is 5.82 Å². The third-order valence-corrected chi connectivity index (χ3v) is 5.37. The molecule has 0 aliphatic carbocycles. The van der Waals surface area contributed by atoms with Crippen LogP contribution in [0.5, 0.6) is 0 Å². The van der Waals surface area contributed by atoms with Crippen LogP contribution in [0.3, 0.4) is 0 Å². The van der Waals surface area contributed by atoms with Gasteiger partial charge in [-0.05, 0) is 50.8 Å². The SMILES string of the molecule is Cc1nn(-c2cc(N3CCCC3)ncn2)c(C)c1CCC(=O)NCc1ccco1. The number of aromatic nitrogens is 4. The van der Waals surface area contributed by atoms with Crippen LogP contribution in [0, 0.1) is 13.8 Å². The number of furan rings is 1. The van der Waals surface area contributed by atoms with Crippen molar-refractivity contribution >= 4 is 11.7 Å². The standard InChI is InChI=1S/C21H26N6O2/c1-15-18(7-8-21(28)22-13-17-6-5-11-29-17)16(2)27(25-15)20-12-19(23-14-24-20)26-9-3-4-10-26/h5-6,11-12,14H,3-4,7-10,13H2,1-2H3,(H,22,28). The minimum Gasteiger partial charge on any atom is -0.467 e. The minimum atomic E-state index is -0.00805. The summed E-state index contributed by atoms with van der Waals surface area (Å²) >= 11 is 0. The van der Waals surface area contributed by atoms with Crippen molar-refractivity contribution in [3.63, 3.8) is 0 Å². The van der Waals surface area contributed by atoms with Crippen LogP contribution in [0.2, 0.25) is 0 Å². The molecule has 1 amide bonds. The number of carbonyl (C=O) groups is 1. The summed E-state index contributed by atoms with van der Waals surface area (Å²) in [7, 11) is 0.